The standard InChI is InChI=1S/C12H18O/c1-8-6-9(2)11(13)7-10(8)12(3,4)5/h6-7,13H,1-5H3. The monoisotopic (exact) mass is 178 g/mol. The summed E-state index contributed by atoms with van der Waals surface area (Å²) in [6.07, 6.45) is 0. The summed E-state index contributed by atoms with van der Waals surface area (Å²) in [5.74, 6) is 0.399. The summed E-state index contributed by atoms with van der Waals surface area (Å²) in [6.45, 7) is 10.5. The van der Waals surface area contributed by atoms with Gasteiger partial charge in [0.2, 0.25) is 0 Å². The number of hydrogen-bond donors (Lipinski definition) is 1. The summed E-state index contributed by atoms with van der Waals surface area (Å²) < 4.78 is 0. The van der Waals surface area contributed by atoms with Crippen molar-refractivity contribution in [2.24, 2.45) is 0 Å². The summed E-state index contributed by atoms with van der Waals surface area (Å²) in [7, 11) is 0. The molecule has 0 aromatic heterocycles. The number of phenols is 1. The maximum absolute atomic E-state index is 9.59. The smallest absolute Gasteiger partial charge is 0.118 e. The van der Waals surface area contributed by atoms with Crippen LogP contribution in [0, 0.1) is 13.8 Å². The summed E-state index contributed by atoms with van der Waals surface area (Å²) in [4.78, 5) is 0. The van der Waals surface area contributed by atoms with Gasteiger partial charge in [-0.25, -0.2) is 0 Å². The normalized spacial score (nSPS) is 11.8. The Morgan fingerprint density at radius 2 is 1.54 bits per heavy atom. The molecule has 0 amide bonds. The van der Waals surface area contributed by atoms with Crippen LogP contribution in [0.5, 0.6) is 5.75 Å². The van der Waals surface area contributed by atoms with Gasteiger partial charge in [-0.3, -0.25) is 0 Å². The predicted octanol–water partition coefficient (Wildman–Crippen LogP) is 3.31. The molecule has 1 heteroatoms. The van der Waals surface area contributed by atoms with Crippen molar-refractivity contribution in [2.45, 2.75) is 40.0 Å². The highest BCUT2D eigenvalue weighted by Crippen LogP contribution is 2.30. The number of benzene rings is 1. The van der Waals surface area contributed by atoms with Gasteiger partial charge < -0.3 is 5.11 Å². The number of rotatable bonds is 0. The minimum atomic E-state index is 0.106. The summed E-state index contributed by atoms with van der Waals surface area (Å²) in [6, 6.07) is 3.92. The van der Waals surface area contributed by atoms with Crippen LogP contribution in [-0.2, 0) is 5.41 Å². The molecule has 13 heavy (non-hydrogen) atoms. The summed E-state index contributed by atoms with van der Waals surface area (Å²) >= 11 is 0. The lowest BCUT2D eigenvalue weighted by molar-refractivity contribution is 0.466. The van der Waals surface area contributed by atoms with Gasteiger partial charge in [0.1, 0.15) is 5.75 Å². The Kier molecular flexibility index (Phi) is 2.38. The molecule has 0 unspecified atom stereocenters. The molecule has 0 saturated heterocycles. The highest BCUT2D eigenvalue weighted by Gasteiger charge is 2.17. The van der Waals surface area contributed by atoms with E-state index in [4.69, 9.17) is 0 Å². The summed E-state index contributed by atoms with van der Waals surface area (Å²) in [5, 5.41) is 9.59. The average molecular weight is 178 g/mol. The molecule has 0 fully saturated rings. The Labute approximate surface area is 80.4 Å². The maximum Gasteiger partial charge on any atom is 0.118 e. The Morgan fingerprint density at radius 3 is 2.00 bits per heavy atom. The van der Waals surface area contributed by atoms with Crippen LogP contribution in [0.3, 0.4) is 0 Å². The van der Waals surface area contributed by atoms with E-state index >= 15 is 0 Å². The molecular formula is C12H18O. The molecule has 1 N–H and O–H groups in total. The minimum absolute atomic E-state index is 0.106. The first-order chi connectivity index (χ1) is 5.82. The van der Waals surface area contributed by atoms with Crippen LogP contribution in [0.4, 0.5) is 0 Å². The van der Waals surface area contributed by atoms with Crippen molar-refractivity contribution in [3.05, 3.63) is 28.8 Å². The van der Waals surface area contributed by atoms with E-state index in [9.17, 15) is 5.11 Å². The molecule has 1 rings (SSSR count). The maximum atomic E-state index is 9.59. The van der Waals surface area contributed by atoms with Gasteiger partial charge in [0.25, 0.3) is 0 Å². The third-order valence-corrected chi connectivity index (χ3v) is 2.35. The third kappa shape index (κ3) is 2.03. The van der Waals surface area contributed by atoms with E-state index in [1.165, 1.54) is 11.1 Å². The highest BCUT2D eigenvalue weighted by atomic mass is 16.3. The van der Waals surface area contributed by atoms with E-state index in [-0.39, 0.29) is 5.41 Å². The SMILES string of the molecule is Cc1cc(C)c(C(C)(C)C)cc1O. The molecule has 0 bridgehead atoms. The molecule has 0 aliphatic heterocycles. The molecule has 0 heterocycles. The van der Waals surface area contributed by atoms with Crippen LogP contribution < -0.4 is 0 Å². The van der Waals surface area contributed by atoms with E-state index in [0.717, 1.165) is 5.56 Å². The lowest BCUT2D eigenvalue weighted by Crippen LogP contribution is -2.13. The molecule has 0 saturated carbocycles. The number of aromatic hydroxyl groups is 1. The molecular weight excluding hydrogens is 160 g/mol. The van der Waals surface area contributed by atoms with Gasteiger partial charge in [0.05, 0.1) is 0 Å². The van der Waals surface area contributed by atoms with Gasteiger partial charge in [0.15, 0.2) is 0 Å². The van der Waals surface area contributed by atoms with Crippen molar-refractivity contribution in [1.82, 2.24) is 0 Å². The number of phenolic OH excluding ortho intramolecular Hbond substituents is 1. The van der Waals surface area contributed by atoms with Crippen molar-refractivity contribution < 1.29 is 5.11 Å². The zero-order valence-electron chi connectivity index (χ0n) is 9.10. The fraction of sp³-hybridized carbons (Fsp3) is 0.500. The lowest BCUT2D eigenvalue weighted by Gasteiger charge is -2.22. The quantitative estimate of drug-likeness (QED) is 0.646. The third-order valence-electron chi connectivity index (χ3n) is 2.35. The molecule has 0 atom stereocenters. The van der Waals surface area contributed by atoms with Crippen LogP contribution in [-0.4, -0.2) is 5.11 Å². The second-order valence-electron chi connectivity index (χ2n) is 4.70. The fourth-order valence-electron chi connectivity index (χ4n) is 1.65. The van der Waals surface area contributed by atoms with Crippen LogP contribution in [0.25, 0.3) is 0 Å². The molecule has 72 valence electrons. The Bertz CT molecular complexity index is 319. The van der Waals surface area contributed by atoms with Crippen molar-refractivity contribution in [1.29, 1.82) is 0 Å². The second kappa shape index (κ2) is 3.06. The van der Waals surface area contributed by atoms with E-state index in [1.807, 2.05) is 19.1 Å². The molecule has 0 radical (unpaired) electrons. The van der Waals surface area contributed by atoms with Gasteiger partial charge in [-0.1, -0.05) is 26.8 Å². The van der Waals surface area contributed by atoms with Crippen molar-refractivity contribution in [3.63, 3.8) is 0 Å². The zero-order chi connectivity index (χ0) is 10.2. The molecule has 1 nitrogen and oxygen atoms in total. The van der Waals surface area contributed by atoms with Crippen molar-refractivity contribution >= 4 is 0 Å². The first kappa shape index (κ1) is 10.1. The van der Waals surface area contributed by atoms with E-state index in [2.05, 4.69) is 27.7 Å². The van der Waals surface area contributed by atoms with Gasteiger partial charge in [0, 0.05) is 0 Å². The second-order valence-corrected chi connectivity index (χ2v) is 4.70. The average Bonchev–Trinajstić information content (AvgIpc) is 1.94. The van der Waals surface area contributed by atoms with E-state index in [1.54, 1.807) is 0 Å². The Morgan fingerprint density at radius 1 is 1.00 bits per heavy atom. The first-order valence-electron chi connectivity index (χ1n) is 4.63. The molecule has 0 aliphatic carbocycles. The number of hydrogen-bond acceptors (Lipinski definition) is 1. The fourth-order valence-corrected chi connectivity index (χ4v) is 1.65. The van der Waals surface area contributed by atoms with Gasteiger partial charge in [-0.15, -0.1) is 0 Å². The number of aryl methyl sites for hydroxylation is 2. The highest BCUT2D eigenvalue weighted by molar-refractivity contribution is 5.43. The van der Waals surface area contributed by atoms with Crippen LogP contribution in [0.1, 0.15) is 37.5 Å². The molecule has 1 aromatic carbocycles. The first-order valence-corrected chi connectivity index (χ1v) is 4.63. The van der Waals surface area contributed by atoms with E-state index < -0.39 is 0 Å². The Hall–Kier alpha value is -0.980. The van der Waals surface area contributed by atoms with Gasteiger partial charge in [-0.05, 0) is 42.0 Å². The van der Waals surface area contributed by atoms with Crippen LogP contribution >= 0.6 is 0 Å². The van der Waals surface area contributed by atoms with Crippen molar-refractivity contribution in [3.8, 4) is 5.75 Å². The Balaban J connectivity index is 3.32. The van der Waals surface area contributed by atoms with Gasteiger partial charge >= 0.3 is 0 Å². The molecule has 0 aliphatic rings. The topological polar surface area (TPSA) is 20.2 Å². The predicted molar refractivity (Wildman–Crippen MR) is 56.3 cm³/mol. The zero-order valence-corrected chi connectivity index (χ0v) is 9.10. The van der Waals surface area contributed by atoms with Crippen LogP contribution in [0.2, 0.25) is 0 Å². The molecule has 1 aromatic rings. The van der Waals surface area contributed by atoms with Crippen molar-refractivity contribution in [2.75, 3.05) is 0 Å². The van der Waals surface area contributed by atoms with Gasteiger partial charge in [-0.2, -0.15) is 0 Å². The minimum Gasteiger partial charge on any atom is -0.508 e. The summed E-state index contributed by atoms with van der Waals surface area (Å²) in [5.41, 5.74) is 3.53. The van der Waals surface area contributed by atoms with Crippen LogP contribution in [0.15, 0.2) is 12.1 Å². The largest absolute Gasteiger partial charge is 0.508 e. The lowest BCUT2D eigenvalue weighted by atomic mass is 9.83. The molecule has 0 spiro atoms. The van der Waals surface area contributed by atoms with E-state index in [0.29, 0.717) is 5.75 Å².